The number of carbonyl (C=O) groups is 1. The molecule has 0 aliphatic carbocycles. The first kappa shape index (κ1) is 13.0. The van der Waals surface area contributed by atoms with Gasteiger partial charge in [0, 0.05) is 26.6 Å². The van der Waals surface area contributed by atoms with E-state index in [0.717, 1.165) is 25.2 Å². The molecule has 0 aromatic carbocycles. The highest BCUT2D eigenvalue weighted by molar-refractivity contribution is 5.86. The average Bonchev–Trinajstić information content (AvgIpc) is 2.97. The van der Waals surface area contributed by atoms with Gasteiger partial charge in [-0.2, -0.15) is 0 Å². The van der Waals surface area contributed by atoms with Crippen molar-refractivity contribution in [3.63, 3.8) is 0 Å². The van der Waals surface area contributed by atoms with E-state index in [1.165, 1.54) is 0 Å². The summed E-state index contributed by atoms with van der Waals surface area (Å²) in [5.41, 5.74) is -0.570. The molecule has 0 saturated carbocycles. The lowest BCUT2D eigenvalue weighted by Crippen LogP contribution is -2.56. The van der Waals surface area contributed by atoms with Gasteiger partial charge in [0.05, 0.1) is 13.2 Å². The van der Waals surface area contributed by atoms with Gasteiger partial charge in [-0.3, -0.25) is 4.79 Å². The highest BCUT2D eigenvalue weighted by Gasteiger charge is 2.40. The van der Waals surface area contributed by atoms with Crippen molar-refractivity contribution in [2.24, 2.45) is 7.05 Å². The van der Waals surface area contributed by atoms with Crippen LogP contribution in [0.1, 0.15) is 18.7 Å². The van der Waals surface area contributed by atoms with E-state index < -0.39 is 5.54 Å². The van der Waals surface area contributed by atoms with Gasteiger partial charge in [0.15, 0.2) is 0 Å². The highest BCUT2D eigenvalue weighted by Crippen LogP contribution is 2.20. The lowest BCUT2D eigenvalue weighted by Gasteiger charge is -2.27. The third kappa shape index (κ3) is 2.54. The number of aryl methyl sites for hydroxylation is 1. The molecule has 0 spiro atoms. The van der Waals surface area contributed by atoms with Crippen LogP contribution in [0.25, 0.3) is 0 Å². The first-order chi connectivity index (χ1) is 8.68. The van der Waals surface area contributed by atoms with E-state index in [9.17, 15) is 4.79 Å². The van der Waals surface area contributed by atoms with Gasteiger partial charge in [-0.1, -0.05) is 0 Å². The van der Waals surface area contributed by atoms with Gasteiger partial charge in [-0.05, 0) is 19.4 Å². The third-order valence-corrected chi connectivity index (χ3v) is 3.40. The maximum Gasteiger partial charge on any atom is 0.243 e. The van der Waals surface area contributed by atoms with Gasteiger partial charge in [0.25, 0.3) is 0 Å². The van der Waals surface area contributed by atoms with Crippen molar-refractivity contribution in [3.05, 3.63) is 18.2 Å². The predicted molar refractivity (Wildman–Crippen MR) is 66.9 cm³/mol. The number of amides is 1. The van der Waals surface area contributed by atoms with Crippen LogP contribution in [0, 0.1) is 0 Å². The molecule has 1 amide bonds. The Morgan fingerprint density at radius 3 is 3.11 bits per heavy atom. The Labute approximate surface area is 107 Å². The molecule has 1 aromatic rings. The molecule has 0 bridgehead atoms. The maximum atomic E-state index is 12.3. The zero-order chi connectivity index (χ0) is 13.0. The molecule has 1 aromatic heterocycles. The van der Waals surface area contributed by atoms with E-state index in [1.54, 1.807) is 13.3 Å². The zero-order valence-electron chi connectivity index (χ0n) is 10.9. The molecule has 1 fully saturated rings. The molecule has 1 aliphatic heterocycles. The van der Waals surface area contributed by atoms with Crippen LogP contribution in [0.4, 0.5) is 0 Å². The Bertz CT molecular complexity index is 410. The van der Waals surface area contributed by atoms with Gasteiger partial charge >= 0.3 is 0 Å². The number of hydrogen-bond donors (Lipinski definition) is 2. The summed E-state index contributed by atoms with van der Waals surface area (Å²) in [5, 5.41) is 6.18. The largest absolute Gasteiger partial charge is 0.382 e. The first-order valence-electron chi connectivity index (χ1n) is 6.16. The standard InChI is InChI=1S/C12H20N4O2/c1-16-7-6-13-10(16)8-14-11(17)12(9-18-2)4-3-5-15-12/h6-7,15H,3-5,8-9H2,1-2H3,(H,14,17). The number of aromatic nitrogens is 2. The van der Waals surface area contributed by atoms with E-state index in [-0.39, 0.29) is 5.91 Å². The lowest BCUT2D eigenvalue weighted by molar-refractivity contribution is -0.129. The summed E-state index contributed by atoms with van der Waals surface area (Å²) in [7, 11) is 3.53. The van der Waals surface area contributed by atoms with Gasteiger partial charge in [-0.15, -0.1) is 0 Å². The minimum absolute atomic E-state index is 0.00940. The van der Waals surface area contributed by atoms with Crippen LogP contribution in [0.2, 0.25) is 0 Å². The molecule has 2 N–H and O–H groups in total. The Hall–Kier alpha value is -1.40. The van der Waals surface area contributed by atoms with Crippen LogP contribution in [-0.2, 0) is 23.1 Å². The molecule has 6 heteroatoms. The Kier molecular flexibility index (Phi) is 3.98. The monoisotopic (exact) mass is 252 g/mol. The fourth-order valence-electron chi connectivity index (χ4n) is 2.33. The fraction of sp³-hybridized carbons (Fsp3) is 0.667. The van der Waals surface area contributed by atoms with E-state index in [4.69, 9.17) is 4.74 Å². The molecular formula is C12H20N4O2. The van der Waals surface area contributed by atoms with Crippen LogP contribution in [0.5, 0.6) is 0 Å². The van der Waals surface area contributed by atoms with Crippen molar-refractivity contribution in [1.82, 2.24) is 20.2 Å². The lowest BCUT2D eigenvalue weighted by atomic mass is 9.97. The van der Waals surface area contributed by atoms with Gasteiger partial charge < -0.3 is 19.9 Å². The molecule has 2 rings (SSSR count). The number of nitrogens with zero attached hydrogens (tertiary/aromatic N) is 2. The molecule has 1 saturated heterocycles. The Morgan fingerprint density at radius 1 is 1.72 bits per heavy atom. The molecule has 1 aliphatic rings. The summed E-state index contributed by atoms with van der Waals surface area (Å²) in [5.74, 6) is 0.832. The number of hydrogen-bond acceptors (Lipinski definition) is 4. The van der Waals surface area contributed by atoms with E-state index in [0.29, 0.717) is 13.2 Å². The SMILES string of the molecule is COCC1(C(=O)NCc2nccn2C)CCCN1. The number of methoxy groups -OCH3 is 1. The van der Waals surface area contributed by atoms with Crippen molar-refractivity contribution in [2.75, 3.05) is 20.3 Å². The quantitative estimate of drug-likeness (QED) is 0.762. The van der Waals surface area contributed by atoms with Crippen LogP contribution in [0.3, 0.4) is 0 Å². The van der Waals surface area contributed by atoms with E-state index in [2.05, 4.69) is 15.6 Å². The van der Waals surface area contributed by atoms with E-state index in [1.807, 2.05) is 17.8 Å². The molecular weight excluding hydrogens is 232 g/mol. The van der Waals surface area contributed by atoms with Gasteiger partial charge in [0.1, 0.15) is 11.4 Å². The maximum absolute atomic E-state index is 12.3. The summed E-state index contributed by atoms with van der Waals surface area (Å²) < 4.78 is 7.06. The Morgan fingerprint density at radius 2 is 2.56 bits per heavy atom. The minimum atomic E-state index is -0.570. The summed E-state index contributed by atoms with van der Waals surface area (Å²) in [6.07, 6.45) is 5.40. The third-order valence-electron chi connectivity index (χ3n) is 3.40. The van der Waals surface area contributed by atoms with Crippen molar-refractivity contribution >= 4 is 5.91 Å². The van der Waals surface area contributed by atoms with Crippen LogP contribution in [0.15, 0.2) is 12.4 Å². The predicted octanol–water partition coefficient (Wildman–Crippen LogP) is -0.195. The van der Waals surface area contributed by atoms with Crippen molar-refractivity contribution in [2.45, 2.75) is 24.9 Å². The molecule has 0 radical (unpaired) electrons. The second-order valence-corrected chi connectivity index (χ2v) is 4.68. The summed E-state index contributed by atoms with van der Waals surface area (Å²) >= 11 is 0. The molecule has 18 heavy (non-hydrogen) atoms. The minimum Gasteiger partial charge on any atom is -0.382 e. The molecule has 1 unspecified atom stereocenters. The number of rotatable bonds is 5. The normalized spacial score (nSPS) is 23.2. The number of ether oxygens (including phenoxy) is 1. The fourth-order valence-corrected chi connectivity index (χ4v) is 2.33. The highest BCUT2D eigenvalue weighted by atomic mass is 16.5. The molecule has 6 nitrogen and oxygen atoms in total. The second-order valence-electron chi connectivity index (χ2n) is 4.68. The number of carbonyl (C=O) groups excluding carboxylic acids is 1. The first-order valence-corrected chi connectivity index (χ1v) is 6.16. The number of imidazole rings is 1. The van der Waals surface area contributed by atoms with Crippen molar-refractivity contribution in [1.29, 1.82) is 0 Å². The van der Waals surface area contributed by atoms with E-state index >= 15 is 0 Å². The summed E-state index contributed by atoms with van der Waals surface area (Å²) in [6, 6.07) is 0. The average molecular weight is 252 g/mol. The van der Waals surface area contributed by atoms with Gasteiger partial charge in [-0.25, -0.2) is 4.98 Å². The van der Waals surface area contributed by atoms with Gasteiger partial charge in [0.2, 0.25) is 5.91 Å². The Balaban J connectivity index is 1.96. The second kappa shape index (κ2) is 5.49. The van der Waals surface area contributed by atoms with Crippen molar-refractivity contribution < 1.29 is 9.53 Å². The van der Waals surface area contributed by atoms with Crippen LogP contribution >= 0.6 is 0 Å². The molecule has 2 heterocycles. The van der Waals surface area contributed by atoms with Crippen molar-refractivity contribution in [3.8, 4) is 0 Å². The summed E-state index contributed by atoms with van der Waals surface area (Å²) in [4.78, 5) is 16.5. The smallest absolute Gasteiger partial charge is 0.243 e. The molecule has 1 atom stereocenters. The topological polar surface area (TPSA) is 68.2 Å². The molecule has 100 valence electrons. The summed E-state index contributed by atoms with van der Waals surface area (Å²) in [6.45, 7) is 1.70. The zero-order valence-corrected chi connectivity index (χ0v) is 10.9. The number of nitrogens with one attached hydrogen (secondary N) is 2. The van der Waals surface area contributed by atoms with Crippen LogP contribution in [-0.4, -0.2) is 41.3 Å². The van der Waals surface area contributed by atoms with Crippen LogP contribution < -0.4 is 10.6 Å².